The lowest BCUT2D eigenvalue weighted by molar-refractivity contribution is -0.120. The Labute approximate surface area is 117 Å². The summed E-state index contributed by atoms with van der Waals surface area (Å²) in [6.07, 6.45) is 1.56. The van der Waals surface area contributed by atoms with Gasteiger partial charge in [0.1, 0.15) is 0 Å². The number of carbonyl (C=O) groups excluding carboxylic acids is 1. The summed E-state index contributed by atoms with van der Waals surface area (Å²) < 4.78 is 1.07. The van der Waals surface area contributed by atoms with E-state index in [9.17, 15) is 4.79 Å². The predicted octanol–water partition coefficient (Wildman–Crippen LogP) is 3.52. The summed E-state index contributed by atoms with van der Waals surface area (Å²) >= 11 is 3.51. The molecule has 0 aliphatic rings. The van der Waals surface area contributed by atoms with E-state index in [0.29, 0.717) is 6.42 Å². The molecule has 0 fully saturated rings. The summed E-state index contributed by atoms with van der Waals surface area (Å²) in [5.41, 5.74) is 8.18. The van der Waals surface area contributed by atoms with E-state index in [4.69, 9.17) is 5.73 Å². The van der Waals surface area contributed by atoms with Crippen LogP contribution >= 0.6 is 15.9 Å². The lowest BCUT2D eigenvalue weighted by atomic mass is 9.96. The second-order valence-electron chi connectivity index (χ2n) is 5.05. The number of nitrogens with two attached hydrogens (primary N) is 1. The van der Waals surface area contributed by atoms with Crippen LogP contribution in [0.15, 0.2) is 16.6 Å². The van der Waals surface area contributed by atoms with Crippen LogP contribution in [0.25, 0.3) is 0 Å². The maximum Gasteiger partial charge on any atom is 0.244 e. The minimum absolute atomic E-state index is 0.134. The van der Waals surface area contributed by atoms with Gasteiger partial charge in [0, 0.05) is 10.2 Å². The van der Waals surface area contributed by atoms with Crippen LogP contribution in [0.4, 0.5) is 5.69 Å². The van der Waals surface area contributed by atoms with Crippen molar-refractivity contribution >= 4 is 27.5 Å². The first kappa shape index (κ1) is 15.2. The van der Waals surface area contributed by atoms with E-state index in [1.165, 1.54) is 0 Å². The highest BCUT2D eigenvalue weighted by Crippen LogP contribution is 2.25. The summed E-state index contributed by atoms with van der Waals surface area (Å²) in [6.45, 7) is 7.79. The molecule has 0 radical (unpaired) electrons. The third kappa shape index (κ3) is 3.56. The molecule has 0 aromatic heterocycles. The number of hydrogen-bond donors (Lipinski definition) is 2. The van der Waals surface area contributed by atoms with Crippen molar-refractivity contribution < 1.29 is 4.79 Å². The fourth-order valence-corrected chi connectivity index (χ4v) is 2.15. The van der Waals surface area contributed by atoms with E-state index < -0.39 is 5.54 Å². The molecule has 1 aromatic carbocycles. The quantitative estimate of drug-likeness (QED) is 0.893. The van der Waals surface area contributed by atoms with Crippen LogP contribution < -0.4 is 11.1 Å². The molecule has 3 nitrogen and oxygen atoms in total. The Morgan fingerprint density at radius 2 is 1.89 bits per heavy atom. The van der Waals surface area contributed by atoms with Gasteiger partial charge in [-0.25, -0.2) is 0 Å². The Bertz CT molecular complexity index is 432. The summed E-state index contributed by atoms with van der Waals surface area (Å²) in [5, 5.41) is 2.89. The molecular weight excluding hydrogens is 292 g/mol. The molecule has 0 spiro atoms. The monoisotopic (exact) mass is 312 g/mol. The number of anilines is 1. The zero-order valence-electron chi connectivity index (χ0n) is 11.4. The number of aryl methyl sites for hydroxylation is 2. The lowest BCUT2D eigenvalue weighted by Gasteiger charge is -2.23. The molecular formula is C14H21BrN2O. The van der Waals surface area contributed by atoms with Crippen LogP contribution in [0.1, 0.15) is 37.8 Å². The summed E-state index contributed by atoms with van der Waals surface area (Å²) in [4.78, 5) is 12.1. The molecule has 0 saturated heterocycles. The number of nitrogens with one attached hydrogen (secondary N) is 1. The van der Waals surface area contributed by atoms with Crippen LogP contribution in [0.3, 0.4) is 0 Å². The van der Waals surface area contributed by atoms with Crippen LogP contribution in [-0.2, 0) is 4.79 Å². The third-order valence-corrected chi connectivity index (χ3v) is 4.23. The second kappa shape index (κ2) is 5.85. The highest BCUT2D eigenvalue weighted by atomic mass is 79.9. The fraction of sp³-hybridized carbons (Fsp3) is 0.500. The smallest absolute Gasteiger partial charge is 0.244 e. The molecule has 0 saturated carbocycles. The van der Waals surface area contributed by atoms with Crippen LogP contribution in [0.5, 0.6) is 0 Å². The third-order valence-electron chi connectivity index (χ3n) is 2.98. The zero-order chi connectivity index (χ0) is 13.9. The van der Waals surface area contributed by atoms with Gasteiger partial charge >= 0.3 is 0 Å². The van der Waals surface area contributed by atoms with E-state index in [-0.39, 0.29) is 5.91 Å². The SMILES string of the molecule is CCCC(C)(N)C(=O)Nc1cc(C)c(Br)c(C)c1. The summed E-state index contributed by atoms with van der Waals surface area (Å²) in [6, 6.07) is 3.88. The standard InChI is InChI=1S/C14H21BrN2O/c1-5-6-14(4,16)13(18)17-11-7-9(2)12(15)10(3)8-11/h7-8H,5-6,16H2,1-4H3,(H,17,18). The molecule has 1 aromatic rings. The van der Waals surface area contributed by atoms with Gasteiger partial charge in [-0.1, -0.05) is 29.3 Å². The highest BCUT2D eigenvalue weighted by Gasteiger charge is 2.27. The number of hydrogen-bond acceptors (Lipinski definition) is 2. The molecule has 0 heterocycles. The van der Waals surface area contributed by atoms with E-state index in [0.717, 1.165) is 27.7 Å². The maximum atomic E-state index is 12.1. The topological polar surface area (TPSA) is 55.1 Å². The van der Waals surface area contributed by atoms with Gasteiger partial charge in [0.05, 0.1) is 5.54 Å². The molecule has 3 N–H and O–H groups in total. The van der Waals surface area contributed by atoms with Crippen molar-refractivity contribution in [2.24, 2.45) is 5.73 Å². The van der Waals surface area contributed by atoms with Crippen molar-refractivity contribution in [3.05, 3.63) is 27.7 Å². The Morgan fingerprint density at radius 3 is 2.33 bits per heavy atom. The number of halogens is 1. The molecule has 18 heavy (non-hydrogen) atoms. The van der Waals surface area contributed by atoms with E-state index in [1.807, 2.05) is 32.9 Å². The second-order valence-corrected chi connectivity index (χ2v) is 5.84. The fourth-order valence-electron chi connectivity index (χ4n) is 1.92. The molecule has 1 atom stereocenters. The largest absolute Gasteiger partial charge is 0.324 e. The van der Waals surface area contributed by atoms with Crippen LogP contribution in [0.2, 0.25) is 0 Å². The molecule has 0 aliphatic carbocycles. The molecule has 1 amide bonds. The number of rotatable bonds is 4. The number of amides is 1. The van der Waals surface area contributed by atoms with Gasteiger partial charge in [0.15, 0.2) is 0 Å². The minimum atomic E-state index is -0.816. The Balaban J connectivity index is 2.89. The number of benzene rings is 1. The molecule has 1 rings (SSSR count). The molecule has 100 valence electrons. The van der Waals surface area contributed by atoms with Gasteiger partial charge in [0.2, 0.25) is 5.91 Å². The van der Waals surface area contributed by atoms with Crippen molar-refractivity contribution in [2.45, 2.75) is 46.1 Å². The van der Waals surface area contributed by atoms with Gasteiger partial charge < -0.3 is 11.1 Å². The Morgan fingerprint density at radius 1 is 1.39 bits per heavy atom. The maximum absolute atomic E-state index is 12.1. The first-order chi connectivity index (χ1) is 8.27. The Hall–Kier alpha value is -0.870. The van der Waals surface area contributed by atoms with E-state index in [1.54, 1.807) is 6.92 Å². The summed E-state index contributed by atoms with van der Waals surface area (Å²) in [7, 11) is 0. The van der Waals surface area contributed by atoms with Crippen molar-refractivity contribution in [3.63, 3.8) is 0 Å². The molecule has 1 unspecified atom stereocenters. The summed E-state index contributed by atoms with van der Waals surface area (Å²) in [5.74, 6) is -0.134. The first-order valence-corrected chi connectivity index (χ1v) is 6.94. The number of carbonyl (C=O) groups is 1. The van der Waals surface area contributed by atoms with E-state index in [2.05, 4.69) is 21.2 Å². The average Bonchev–Trinajstić information content (AvgIpc) is 2.25. The highest BCUT2D eigenvalue weighted by molar-refractivity contribution is 9.10. The van der Waals surface area contributed by atoms with Gasteiger partial charge in [-0.2, -0.15) is 0 Å². The molecule has 0 bridgehead atoms. The lowest BCUT2D eigenvalue weighted by Crippen LogP contribution is -2.48. The first-order valence-electron chi connectivity index (χ1n) is 6.15. The normalized spacial score (nSPS) is 14.1. The zero-order valence-corrected chi connectivity index (χ0v) is 13.0. The predicted molar refractivity (Wildman–Crippen MR) is 79.7 cm³/mol. The van der Waals surface area contributed by atoms with Gasteiger partial charge in [0.25, 0.3) is 0 Å². The van der Waals surface area contributed by atoms with Crippen LogP contribution in [0, 0.1) is 13.8 Å². The minimum Gasteiger partial charge on any atom is -0.324 e. The average molecular weight is 313 g/mol. The van der Waals surface area contributed by atoms with Crippen molar-refractivity contribution in [1.82, 2.24) is 0 Å². The van der Waals surface area contributed by atoms with Crippen molar-refractivity contribution in [1.29, 1.82) is 0 Å². The van der Waals surface area contributed by atoms with Gasteiger partial charge in [-0.05, 0) is 50.5 Å². The van der Waals surface area contributed by atoms with Crippen molar-refractivity contribution in [2.75, 3.05) is 5.32 Å². The Kier molecular flexibility index (Phi) is 4.93. The van der Waals surface area contributed by atoms with Crippen molar-refractivity contribution in [3.8, 4) is 0 Å². The van der Waals surface area contributed by atoms with Crippen LogP contribution in [-0.4, -0.2) is 11.4 Å². The van der Waals surface area contributed by atoms with Gasteiger partial charge in [-0.15, -0.1) is 0 Å². The van der Waals surface area contributed by atoms with E-state index >= 15 is 0 Å². The van der Waals surface area contributed by atoms with Gasteiger partial charge in [-0.3, -0.25) is 4.79 Å². The molecule has 4 heteroatoms. The molecule has 0 aliphatic heterocycles.